The first kappa shape index (κ1) is 26.2. The number of thiophene rings is 1. The molecule has 3 aromatic rings. The zero-order valence-corrected chi connectivity index (χ0v) is 22.1. The predicted molar refractivity (Wildman–Crippen MR) is 144 cm³/mol. The van der Waals surface area contributed by atoms with Gasteiger partial charge in [0.15, 0.2) is 11.5 Å². The number of carbonyl (C=O) groups excluding carboxylic acids is 2. The average molecular weight is 547 g/mol. The van der Waals surface area contributed by atoms with Crippen LogP contribution in [-0.2, 0) is 20.9 Å². The molecule has 39 heavy (non-hydrogen) atoms. The first-order valence-electron chi connectivity index (χ1n) is 12.3. The number of hydrogen-bond acceptors (Lipinski definition) is 9. The van der Waals surface area contributed by atoms with Crippen LogP contribution in [0.3, 0.4) is 0 Å². The lowest BCUT2D eigenvalue weighted by atomic mass is 9.72. The summed E-state index contributed by atoms with van der Waals surface area (Å²) >= 11 is 1.58. The lowest BCUT2D eigenvalue weighted by Crippen LogP contribution is -2.36. The van der Waals surface area contributed by atoms with E-state index in [1.807, 2.05) is 47.8 Å². The van der Waals surface area contributed by atoms with Crippen LogP contribution in [0.4, 0.5) is 5.69 Å². The number of dihydropyridines is 1. The van der Waals surface area contributed by atoms with E-state index in [1.54, 1.807) is 18.3 Å². The highest BCUT2D eigenvalue weighted by atomic mass is 32.1. The first-order valence-corrected chi connectivity index (χ1v) is 13.2. The number of benzene rings is 2. The highest BCUT2D eigenvalue weighted by molar-refractivity contribution is 7.10. The lowest BCUT2D eigenvalue weighted by Gasteiger charge is -2.36. The van der Waals surface area contributed by atoms with Crippen molar-refractivity contribution < 1.29 is 29.1 Å². The molecule has 2 atom stereocenters. The number of phenolic OH excluding ortho intramolecular Hbond substituents is 1. The molecule has 2 aliphatic rings. The molecule has 0 spiro atoms. The molecule has 0 fully saturated rings. The Kier molecular flexibility index (Phi) is 7.21. The molecule has 0 saturated heterocycles. The number of nitrogens with zero attached hydrogens (tertiary/aromatic N) is 1. The molecule has 0 unspecified atom stereocenters. The second kappa shape index (κ2) is 10.7. The summed E-state index contributed by atoms with van der Waals surface area (Å²) in [4.78, 5) is 39.4. The Bertz CT molecular complexity index is 1510. The van der Waals surface area contributed by atoms with Gasteiger partial charge in [-0.2, -0.15) is 0 Å². The molecule has 2 N–H and O–H groups in total. The third-order valence-electron chi connectivity index (χ3n) is 7.03. The Labute approximate surface area is 228 Å². The van der Waals surface area contributed by atoms with E-state index in [4.69, 9.17) is 9.47 Å². The van der Waals surface area contributed by atoms with E-state index < -0.39 is 28.2 Å². The minimum atomic E-state index is -0.950. The molecular weight excluding hydrogens is 520 g/mol. The smallest absolute Gasteiger partial charge is 0.337 e. The van der Waals surface area contributed by atoms with Gasteiger partial charge in [0.1, 0.15) is 6.61 Å². The van der Waals surface area contributed by atoms with Gasteiger partial charge in [-0.1, -0.05) is 36.4 Å². The van der Waals surface area contributed by atoms with E-state index in [9.17, 15) is 24.8 Å². The SMILES string of the molecule is COc1cc([C@@H]2C(C(=O)OCc3ccccc3)=C(C)NC3=C2C(=O)C[C@@H](c2cccs2)C3)cc([N+](=O)[O-])c1O. The van der Waals surface area contributed by atoms with Gasteiger partial charge in [0.05, 0.1) is 17.6 Å². The molecule has 1 aliphatic carbocycles. The van der Waals surface area contributed by atoms with Crippen LogP contribution in [0.5, 0.6) is 11.5 Å². The van der Waals surface area contributed by atoms with Crippen molar-refractivity contribution in [2.45, 2.75) is 38.2 Å². The third-order valence-corrected chi connectivity index (χ3v) is 8.07. The molecule has 200 valence electrons. The van der Waals surface area contributed by atoms with Gasteiger partial charge in [-0.05, 0) is 42.0 Å². The summed E-state index contributed by atoms with van der Waals surface area (Å²) in [7, 11) is 1.28. The zero-order valence-electron chi connectivity index (χ0n) is 21.3. The van der Waals surface area contributed by atoms with E-state index in [0.29, 0.717) is 23.4 Å². The van der Waals surface area contributed by atoms with Crippen LogP contribution in [0.2, 0.25) is 0 Å². The molecule has 1 aliphatic heterocycles. The van der Waals surface area contributed by atoms with Gasteiger partial charge in [-0.25, -0.2) is 4.79 Å². The highest BCUT2D eigenvalue weighted by Crippen LogP contribution is 2.49. The number of nitro groups is 1. The van der Waals surface area contributed by atoms with E-state index in [-0.39, 0.29) is 41.6 Å². The molecule has 2 aromatic carbocycles. The summed E-state index contributed by atoms with van der Waals surface area (Å²) in [5.74, 6) is -2.54. The molecule has 1 aromatic heterocycles. The number of ether oxygens (including phenoxy) is 2. The van der Waals surface area contributed by atoms with Crippen molar-refractivity contribution in [2.24, 2.45) is 0 Å². The normalized spacial score (nSPS) is 18.9. The molecule has 2 heterocycles. The summed E-state index contributed by atoms with van der Waals surface area (Å²) in [5.41, 5.74) is 2.18. The third kappa shape index (κ3) is 5.03. The minimum Gasteiger partial charge on any atom is -0.500 e. The molecule has 0 amide bonds. The van der Waals surface area contributed by atoms with Crippen LogP contribution in [-0.4, -0.2) is 28.9 Å². The summed E-state index contributed by atoms with van der Waals surface area (Å²) in [6, 6.07) is 15.7. The van der Waals surface area contributed by atoms with Crippen LogP contribution >= 0.6 is 11.3 Å². The van der Waals surface area contributed by atoms with Gasteiger partial charge in [0.2, 0.25) is 5.75 Å². The van der Waals surface area contributed by atoms with Gasteiger partial charge >= 0.3 is 11.7 Å². The van der Waals surface area contributed by atoms with Crippen LogP contribution in [0.15, 0.2) is 82.5 Å². The van der Waals surface area contributed by atoms with E-state index in [1.165, 1.54) is 19.2 Å². The Hall–Kier alpha value is -4.44. The van der Waals surface area contributed by atoms with Crippen LogP contribution in [0.25, 0.3) is 0 Å². The van der Waals surface area contributed by atoms with Crippen molar-refractivity contribution in [3.63, 3.8) is 0 Å². The minimum absolute atomic E-state index is 0.0164. The fraction of sp³-hybridized carbons (Fsp3) is 0.241. The standard InChI is InChI=1S/C29H26N2O7S/c1-16-25(29(34)38-15-17-7-4-3-5-8-17)26(19-12-21(31(35)36)28(33)23(14-19)37-2)27-20(30-16)11-18(13-22(27)32)24-9-6-10-39-24/h3-10,12,14,18,26,30,33H,11,13,15H2,1-2H3/t18-,26+/m0/s1. The molecule has 5 rings (SSSR count). The van der Waals surface area contributed by atoms with Crippen molar-refractivity contribution in [1.29, 1.82) is 0 Å². The fourth-order valence-corrected chi connectivity index (χ4v) is 6.07. The van der Waals surface area contributed by atoms with Gasteiger partial charge in [-0.15, -0.1) is 11.3 Å². The number of esters is 1. The molecule has 0 bridgehead atoms. The van der Waals surface area contributed by atoms with Crippen molar-refractivity contribution >= 4 is 28.8 Å². The molecule has 10 heteroatoms. The number of aromatic hydroxyl groups is 1. The molecule has 0 saturated carbocycles. The van der Waals surface area contributed by atoms with Gasteiger partial charge < -0.3 is 19.9 Å². The van der Waals surface area contributed by atoms with Crippen LogP contribution < -0.4 is 10.1 Å². The monoisotopic (exact) mass is 546 g/mol. The highest BCUT2D eigenvalue weighted by Gasteiger charge is 2.42. The van der Waals surface area contributed by atoms with Crippen molar-refractivity contribution in [3.05, 3.63) is 109 Å². The second-order valence-electron chi connectivity index (χ2n) is 9.44. The Morgan fingerprint density at radius 2 is 1.95 bits per heavy atom. The number of nitro benzene ring substituents is 1. The number of nitrogens with one attached hydrogen (secondary N) is 1. The fourth-order valence-electron chi connectivity index (χ4n) is 5.24. The van der Waals surface area contributed by atoms with Crippen molar-refractivity contribution in [3.8, 4) is 11.5 Å². The first-order chi connectivity index (χ1) is 18.8. The summed E-state index contributed by atoms with van der Waals surface area (Å²) < 4.78 is 10.9. The van der Waals surface area contributed by atoms with Gasteiger partial charge in [0.25, 0.3) is 0 Å². The summed E-state index contributed by atoms with van der Waals surface area (Å²) in [6.45, 7) is 1.74. The second-order valence-corrected chi connectivity index (χ2v) is 10.4. The number of methoxy groups -OCH3 is 1. The Balaban J connectivity index is 1.61. The largest absolute Gasteiger partial charge is 0.500 e. The predicted octanol–water partition coefficient (Wildman–Crippen LogP) is 5.48. The summed E-state index contributed by atoms with van der Waals surface area (Å²) in [6.07, 6.45) is 0.777. The van der Waals surface area contributed by atoms with Crippen molar-refractivity contribution in [1.82, 2.24) is 5.32 Å². The summed E-state index contributed by atoms with van der Waals surface area (Å²) in [5, 5.41) is 27.4. The number of hydrogen-bond donors (Lipinski definition) is 2. The quantitative estimate of drug-likeness (QED) is 0.227. The number of phenols is 1. The maximum atomic E-state index is 13.7. The van der Waals surface area contributed by atoms with E-state index in [0.717, 1.165) is 10.4 Å². The topological polar surface area (TPSA) is 128 Å². The van der Waals surface area contributed by atoms with Gasteiger partial charge in [-0.3, -0.25) is 14.9 Å². The molecule has 0 radical (unpaired) electrons. The average Bonchev–Trinajstić information content (AvgIpc) is 3.47. The molecular formula is C29H26N2O7S. The number of allylic oxidation sites excluding steroid dienone is 3. The Morgan fingerprint density at radius 3 is 2.62 bits per heavy atom. The van der Waals surface area contributed by atoms with E-state index >= 15 is 0 Å². The van der Waals surface area contributed by atoms with Crippen LogP contribution in [0.1, 0.15) is 47.6 Å². The number of carbonyl (C=O) groups is 2. The zero-order chi connectivity index (χ0) is 27.7. The van der Waals surface area contributed by atoms with Crippen molar-refractivity contribution in [2.75, 3.05) is 7.11 Å². The van der Waals surface area contributed by atoms with Crippen LogP contribution in [0, 0.1) is 10.1 Å². The van der Waals surface area contributed by atoms with E-state index in [2.05, 4.69) is 5.32 Å². The number of ketones is 1. The van der Waals surface area contributed by atoms with Gasteiger partial charge in [0, 0.05) is 46.2 Å². The maximum Gasteiger partial charge on any atom is 0.337 e. The number of rotatable bonds is 7. The maximum absolute atomic E-state index is 13.7. The number of Topliss-reactive ketones (excluding diaryl/α,β-unsaturated/α-hetero) is 1. The molecule has 9 nitrogen and oxygen atoms in total. The Morgan fingerprint density at radius 1 is 1.18 bits per heavy atom. The lowest BCUT2D eigenvalue weighted by molar-refractivity contribution is -0.386.